The van der Waals surface area contributed by atoms with E-state index in [1.54, 1.807) is 11.3 Å². The second-order valence-electron chi connectivity index (χ2n) is 6.26. The lowest BCUT2D eigenvalue weighted by Crippen LogP contribution is -2.34. The molecule has 1 heterocycles. The minimum absolute atomic E-state index is 0.125. The average Bonchev–Trinajstić information content (AvgIpc) is 3.12. The van der Waals surface area contributed by atoms with Gasteiger partial charge in [-0.2, -0.15) is 13.2 Å². The molecule has 5 nitrogen and oxygen atoms in total. The van der Waals surface area contributed by atoms with E-state index in [4.69, 9.17) is 0 Å². The number of benzene rings is 2. The van der Waals surface area contributed by atoms with E-state index >= 15 is 0 Å². The average molecular weight is 421 g/mol. The van der Waals surface area contributed by atoms with Crippen LogP contribution in [-0.2, 0) is 17.4 Å². The summed E-state index contributed by atoms with van der Waals surface area (Å²) in [6.07, 6.45) is -3.62. The highest BCUT2D eigenvalue weighted by atomic mass is 32.1. The van der Waals surface area contributed by atoms with Gasteiger partial charge in [-0.15, -0.1) is 11.3 Å². The molecule has 0 saturated heterocycles. The summed E-state index contributed by atoms with van der Waals surface area (Å²) in [5.74, 6) is -0.657. The molecule has 3 aromatic rings. The van der Waals surface area contributed by atoms with Crippen molar-refractivity contribution in [3.8, 4) is 0 Å². The summed E-state index contributed by atoms with van der Waals surface area (Å²) in [5, 5.41) is 6.14. The number of alkyl halides is 3. The predicted octanol–water partition coefficient (Wildman–Crippen LogP) is 3.79. The lowest BCUT2D eigenvalue weighted by Gasteiger charge is -2.09. The fraction of sp³-hybridized carbons (Fsp3) is 0.250. The molecule has 0 unspecified atom stereocenters. The Morgan fingerprint density at radius 3 is 2.34 bits per heavy atom. The Hall–Kier alpha value is -2.94. The monoisotopic (exact) mass is 421 g/mol. The van der Waals surface area contributed by atoms with Gasteiger partial charge in [-0.1, -0.05) is 12.1 Å². The molecular weight excluding hydrogens is 403 g/mol. The molecule has 0 aliphatic heterocycles. The Bertz CT molecular complexity index is 967. The normalized spacial score (nSPS) is 11.4. The third kappa shape index (κ3) is 5.77. The van der Waals surface area contributed by atoms with Crippen molar-refractivity contribution in [2.24, 2.45) is 0 Å². The number of aryl methyl sites for hydroxylation is 1. The first-order valence-electron chi connectivity index (χ1n) is 8.89. The first kappa shape index (κ1) is 20.8. The minimum atomic E-state index is -4.44. The molecule has 0 atom stereocenters. The number of halogens is 3. The smallest absolute Gasteiger partial charge is 0.354 e. The van der Waals surface area contributed by atoms with E-state index in [0.29, 0.717) is 6.42 Å². The molecule has 3 rings (SSSR count). The first-order chi connectivity index (χ1) is 13.8. The van der Waals surface area contributed by atoms with Crippen molar-refractivity contribution in [1.82, 2.24) is 15.6 Å². The van der Waals surface area contributed by atoms with Gasteiger partial charge in [-0.25, -0.2) is 4.98 Å². The van der Waals surface area contributed by atoms with Crippen LogP contribution in [0.15, 0.2) is 48.5 Å². The molecule has 1 aromatic heterocycles. The van der Waals surface area contributed by atoms with Gasteiger partial charge >= 0.3 is 6.18 Å². The molecule has 2 aromatic carbocycles. The summed E-state index contributed by atoms with van der Waals surface area (Å²) in [6.45, 7) is 0.401. The number of nitrogens with one attached hydrogen (secondary N) is 2. The van der Waals surface area contributed by atoms with E-state index < -0.39 is 17.6 Å². The van der Waals surface area contributed by atoms with Gasteiger partial charge in [0.05, 0.1) is 20.8 Å². The molecule has 0 bridgehead atoms. The van der Waals surface area contributed by atoms with Crippen LogP contribution in [0.5, 0.6) is 0 Å². The van der Waals surface area contributed by atoms with Crippen molar-refractivity contribution in [3.63, 3.8) is 0 Å². The van der Waals surface area contributed by atoms with E-state index in [-0.39, 0.29) is 31.0 Å². The van der Waals surface area contributed by atoms with Crippen molar-refractivity contribution >= 4 is 33.4 Å². The van der Waals surface area contributed by atoms with Crippen LogP contribution in [0.4, 0.5) is 13.2 Å². The number of hydrogen-bond acceptors (Lipinski definition) is 4. The number of fused-ring (bicyclic) bond motifs is 1. The van der Waals surface area contributed by atoms with Crippen molar-refractivity contribution in [2.45, 2.75) is 19.0 Å². The summed E-state index contributed by atoms with van der Waals surface area (Å²) < 4.78 is 38.7. The Labute approximate surface area is 169 Å². The number of hydrogen-bond donors (Lipinski definition) is 2. The van der Waals surface area contributed by atoms with Gasteiger partial charge in [0.15, 0.2) is 0 Å². The topological polar surface area (TPSA) is 71.1 Å². The van der Waals surface area contributed by atoms with E-state index in [9.17, 15) is 22.8 Å². The Morgan fingerprint density at radius 2 is 1.66 bits per heavy atom. The Balaban J connectivity index is 1.37. The number of aromatic nitrogens is 1. The number of carbonyl (C=O) groups is 2. The van der Waals surface area contributed by atoms with Gasteiger partial charge in [-0.3, -0.25) is 9.59 Å². The maximum absolute atomic E-state index is 12.5. The van der Waals surface area contributed by atoms with Gasteiger partial charge in [0.25, 0.3) is 5.91 Å². The van der Waals surface area contributed by atoms with E-state index in [1.807, 2.05) is 24.3 Å². The molecular formula is C20H18F3N3O2S. The summed E-state index contributed by atoms with van der Waals surface area (Å²) >= 11 is 1.55. The summed E-state index contributed by atoms with van der Waals surface area (Å²) in [4.78, 5) is 28.3. The predicted molar refractivity (Wildman–Crippen MR) is 105 cm³/mol. The van der Waals surface area contributed by atoms with Crippen LogP contribution in [0.1, 0.15) is 27.3 Å². The number of para-hydroxylation sites is 1. The first-order valence-corrected chi connectivity index (χ1v) is 9.71. The maximum atomic E-state index is 12.5. The van der Waals surface area contributed by atoms with Gasteiger partial charge in [0.2, 0.25) is 5.91 Å². The molecule has 29 heavy (non-hydrogen) atoms. The van der Waals surface area contributed by atoms with Crippen molar-refractivity contribution < 1.29 is 22.8 Å². The zero-order chi connectivity index (χ0) is 20.9. The zero-order valence-electron chi connectivity index (χ0n) is 15.3. The second kappa shape index (κ2) is 9.04. The van der Waals surface area contributed by atoms with Gasteiger partial charge < -0.3 is 10.6 Å². The Morgan fingerprint density at radius 1 is 0.966 bits per heavy atom. The second-order valence-corrected chi connectivity index (χ2v) is 7.37. The highest BCUT2D eigenvalue weighted by molar-refractivity contribution is 7.18. The highest BCUT2D eigenvalue weighted by Crippen LogP contribution is 2.29. The number of rotatable bonds is 7. The number of thiazole rings is 1. The fourth-order valence-corrected chi connectivity index (χ4v) is 3.59. The molecule has 152 valence electrons. The molecule has 0 spiro atoms. The van der Waals surface area contributed by atoms with Gasteiger partial charge in [-0.05, 0) is 36.4 Å². The maximum Gasteiger partial charge on any atom is 0.416 e. The van der Waals surface area contributed by atoms with Crippen LogP contribution < -0.4 is 10.6 Å². The molecule has 0 aliphatic rings. The van der Waals surface area contributed by atoms with Crippen LogP contribution in [0.3, 0.4) is 0 Å². The van der Waals surface area contributed by atoms with Crippen molar-refractivity contribution in [1.29, 1.82) is 0 Å². The van der Waals surface area contributed by atoms with Crippen LogP contribution in [0.25, 0.3) is 10.2 Å². The zero-order valence-corrected chi connectivity index (χ0v) is 16.1. The summed E-state index contributed by atoms with van der Waals surface area (Å²) in [5.41, 5.74) is 0.230. The van der Waals surface area contributed by atoms with Crippen LogP contribution in [0, 0.1) is 0 Å². The summed E-state index contributed by atoms with van der Waals surface area (Å²) in [6, 6.07) is 11.7. The van der Waals surface area contributed by atoms with Gasteiger partial charge in [0, 0.05) is 31.5 Å². The standard InChI is InChI=1S/C20H18F3N3O2S/c21-20(22,23)14-7-5-13(6-8-14)19(28)25-12-11-24-17(27)9-10-18-26-15-3-1-2-4-16(15)29-18/h1-8H,9-12H2,(H,24,27)(H,25,28). The number of carbonyl (C=O) groups excluding carboxylic acids is 2. The largest absolute Gasteiger partial charge is 0.416 e. The van der Waals surface area contributed by atoms with Crippen LogP contribution in [0.2, 0.25) is 0 Å². The molecule has 0 fully saturated rings. The van der Waals surface area contributed by atoms with Crippen molar-refractivity contribution in [2.75, 3.05) is 13.1 Å². The van der Waals surface area contributed by atoms with Crippen LogP contribution in [-0.4, -0.2) is 29.9 Å². The van der Waals surface area contributed by atoms with Gasteiger partial charge in [0.1, 0.15) is 0 Å². The molecule has 0 saturated carbocycles. The minimum Gasteiger partial charge on any atom is -0.354 e. The Kier molecular flexibility index (Phi) is 6.48. The van der Waals surface area contributed by atoms with E-state index in [0.717, 1.165) is 39.5 Å². The molecule has 9 heteroatoms. The fourth-order valence-electron chi connectivity index (χ4n) is 2.63. The van der Waals surface area contributed by atoms with Crippen LogP contribution >= 0.6 is 11.3 Å². The molecule has 2 N–H and O–H groups in total. The number of nitrogens with zero attached hydrogens (tertiary/aromatic N) is 1. The lowest BCUT2D eigenvalue weighted by molar-refractivity contribution is -0.137. The summed E-state index contributed by atoms with van der Waals surface area (Å²) in [7, 11) is 0. The highest BCUT2D eigenvalue weighted by Gasteiger charge is 2.30. The third-order valence-electron chi connectivity index (χ3n) is 4.11. The van der Waals surface area contributed by atoms with E-state index in [2.05, 4.69) is 15.6 Å². The van der Waals surface area contributed by atoms with E-state index in [1.165, 1.54) is 0 Å². The molecule has 2 amide bonds. The quantitative estimate of drug-likeness (QED) is 0.570. The SMILES string of the molecule is O=C(CCc1nc2ccccc2s1)NCCNC(=O)c1ccc(C(F)(F)F)cc1. The third-order valence-corrected chi connectivity index (χ3v) is 5.21. The molecule has 0 radical (unpaired) electrons. The number of amides is 2. The van der Waals surface area contributed by atoms with Crippen molar-refractivity contribution in [3.05, 3.63) is 64.7 Å². The lowest BCUT2D eigenvalue weighted by atomic mass is 10.1. The molecule has 0 aliphatic carbocycles.